The van der Waals surface area contributed by atoms with Crippen molar-refractivity contribution in [2.45, 2.75) is 24.8 Å². The lowest BCUT2D eigenvalue weighted by Crippen LogP contribution is -2.45. The molecular weight excluding hydrogens is 278 g/mol. The highest BCUT2D eigenvalue weighted by atomic mass is 32.2. The first-order valence-electron chi connectivity index (χ1n) is 6.74. The van der Waals surface area contributed by atoms with E-state index in [1.807, 2.05) is 12.1 Å². The molecule has 1 saturated heterocycles. The molecule has 0 aromatic heterocycles. The van der Waals surface area contributed by atoms with Crippen molar-refractivity contribution in [3.63, 3.8) is 0 Å². The van der Waals surface area contributed by atoms with Crippen molar-refractivity contribution in [2.75, 3.05) is 25.0 Å². The zero-order chi connectivity index (χ0) is 14.4. The second kappa shape index (κ2) is 4.70. The lowest BCUT2D eigenvalue weighted by molar-refractivity contribution is 0.233. The first-order valence-corrected chi connectivity index (χ1v) is 8.14. The van der Waals surface area contributed by atoms with Gasteiger partial charge in [0.2, 0.25) is 0 Å². The summed E-state index contributed by atoms with van der Waals surface area (Å²) in [4.78, 5) is 0. The maximum absolute atomic E-state index is 11.2. The fourth-order valence-electron chi connectivity index (χ4n) is 3.26. The minimum atomic E-state index is -4.07. The number of hydrogen-bond acceptors (Lipinski definition) is 4. The van der Waals surface area contributed by atoms with Gasteiger partial charge in [-0.3, -0.25) is 4.55 Å². The average Bonchev–Trinajstić information content (AvgIpc) is 2.77. The van der Waals surface area contributed by atoms with Crippen LogP contribution in [0.5, 0.6) is 0 Å². The second-order valence-corrected chi connectivity index (χ2v) is 7.01. The van der Waals surface area contributed by atoms with Crippen LogP contribution >= 0.6 is 0 Å². The van der Waals surface area contributed by atoms with Crippen molar-refractivity contribution in [3.8, 4) is 0 Å². The molecule has 2 aliphatic heterocycles. The van der Waals surface area contributed by atoms with Gasteiger partial charge >= 0.3 is 10.3 Å². The second-order valence-electron chi connectivity index (χ2n) is 5.59. The third-order valence-electron chi connectivity index (χ3n) is 4.51. The minimum absolute atomic E-state index is 0.0400. The Morgan fingerprint density at radius 1 is 1.35 bits per heavy atom. The molecular formula is C13H19N3O3S. The van der Waals surface area contributed by atoms with Crippen molar-refractivity contribution in [3.05, 3.63) is 29.3 Å². The summed E-state index contributed by atoms with van der Waals surface area (Å²) in [6.07, 6.45) is 1.42. The maximum atomic E-state index is 11.2. The molecule has 7 heteroatoms. The predicted octanol–water partition coefficient (Wildman–Crippen LogP) is 0.707. The average molecular weight is 297 g/mol. The van der Waals surface area contributed by atoms with Crippen LogP contribution < -0.4 is 11.1 Å². The number of fused-ring (bicyclic) bond motifs is 2. The number of nitrogens with one attached hydrogen (secondary N) is 1. The summed E-state index contributed by atoms with van der Waals surface area (Å²) >= 11 is 0. The molecule has 2 aliphatic rings. The Balaban J connectivity index is 1.88. The molecule has 0 unspecified atom stereocenters. The zero-order valence-corrected chi connectivity index (χ0v) is 12.0. The topological polar surface area (TPSA) is 95.7 Å². The van der Waals surface area contributed by atoms with Crippen molar-refractivity contribution in [1.82, 2.24) is 4.31 Å². The standard InChI is InChI=1S/C13H19N3O3S/c14-8-10-1-2-12-11(7-10)13(9-15-12)3-5-16(6-4-13)20(17,18)19/h1-2,7,15H,3-6,8-9,14H2,(H,17,18,19). The van der Waals surface area contributed by atoms with Gasteiger partial charge in [-0.15, -0.1) is 0 Å². The lowest BCUT2D eigenvalue weighted by Gasteiger charge is -2.37. The molecule has 20 heavy (non-hydrogen) atoms. The van der Waals surface area contributed by atoms with E-state index >= 15 is 0 Å². The number of rotatable bonds is 2. The monoisotopic (exact) mass is 297 g/mol. The van der Waals surface area contributed by atoms with Gasteiger partial charge in [0.15, 0.2) is 0 Å². The van der Waals surface area contributed by atoms with Crippen LogP contribution in [-0.2, 0) is 22.3 Å². The molecule has 0 aliphatic carbocycles. The van der Waals surface area contributed by atoms with E-state index in [2.05, 4.69) is 11.4 Å². The third kappa shape index (κ3) is 2.20. The number of piperidine rings is 1. The van der Waals surface area contributed by atoms with Crippen molar-refractivity contribution in [1.29, 1.82) is 0 Å². The van der Waals surface area contributed by atoms with E-state index in [0.717, 1.165) is 22.1 Å². The minimum Gasteiger partial charge on any atom is -0.384 e. The summed E-state index contributed by atoms with van der Waals surface area (Å²) < 4.78 is 32.6. The highest BCUT2D eigenvalue weighted by Gasteiger charge is 2.43. The van der Waals surface area contributed by atoms with E-state index in [0.29, 0.717) is 32.5 Å². The van der Waals surface area contributed by atoms with Gasteiger partial charge in [0.1, 0.15) is 0 Å². The highest BCUT2D eigenvalue weighted by molar-refractivity contribution is 7.83. The van der Waals surface area contributed by atoms with Crippen LogP contribution in [0.3, 0.4) is 0 Å². The fraction of sp³-hybridized carbons (Fsp3) is 0.538. The summed E-state index contributed by atoms with van der Waals surface area (Å²) in [7, 11) is -4.07. The molecule has 3 rings (SSSR count). The highest BCUT2D eigenvalue weighted by Crippen LogP contribution is 2.44. The van der Waals surface area contributed by atoms with Gasteiger partial charge in [-0.05, 0) is 30.0 Å². The van der Waals surface area contributed by atoms with Crippen LogP contribution in [0.2, 0.25) is 0 Å². The quantitative estimate of drug-likeness (QED) is 0.699. The Labute approximate surface area is 118 Å². The van der Waals surface area contributed by atoms with E-state index in [9.17, 15) is 8.42 Å². The lowest BCUT2D eigenvalue weighted by atomic mass is 9.74. The van der Waals surface area contributed by atoms with Crippen molar-refractivity contribution < 1.29 is 13.0 Å². The SMILES string of the molecule is NCc1ccc2c(c1)C1(CCN(S(=O)(=O)O)CC1)CN2. The maximum Gasteiger partial charge on any atom is 0.335 e. The summed E-state index contributed by atoms with van der Waals surface area (Å²) in [6, 6.07) is 6.18. The van der Waals surface area contributed by atoms with Gasteiger partial charge in [-0.1, -0.05) is 12.1 Å². The van der Waals surface area contributed by atoms with Crippen LogP contribution in [0, 0.1) is 0 Å². The third-order valence-corrected chi connectivity index (χ3v) is 5.53. The molecule has 1 fully saturated rings. The summed E-state index contributed by atoms with van der Waals surface area (Å²) in [6.45, 7) is 2.02. The summed E-state index contributed by atoms with van der Waals surface area (Å²) in [5.74, 6) is 0. The molecule has 0 atom stereocenters. The molecule has 4 N–H and O–H groups in total. The van der Waals surface area contributed by atoms with Gasteiger partial charge in [-0.25, -0.2) is 0 Å². The Bertz CT molecular complexity index is 622. The van der Waals surface area contributed by atoms with E-state index in [1.54, 1.807) is 0 Å². The van der Waals surface area contributed by atoms with Crippen LogP contribution in [0.4, 0.5) is 5.69 Å². The van der Waals surface area contributed by atoms with Crippen LogP contribution in [0.1, 0.15) is 24.0 Å². The van der Waals surface area contributed by atoms with E-state index in [-0.39, 0.29) is 5.41 Å². The van der Waals surface area contributed by atoms with Crippen LogP contribution in [0.25, 0.3) is 0 Å². The van der Waals surface area contributed by atoms with E-state index in [1.165, 1.54) is 5.56 Å². The number of anilines is 1. The zero-order valence-electron chi connectivity index (χ0n) is 11.2. The van der Waals surface area contributed by atoms with Crippen molar-refractivity contribution >= 4 is 16.0 Å². The van der Waals surface area contributed by atoms with Gasteiger partial charge in [0, 0.05) is 37.3 Å². The molecule has 1 aromatic rings. The Morgan fingerprint density at radius 3 is 2.65 bits per heavy atom. The van der Waals surface area contributed by atoms with Crippen LogP contribution in [0.15, 0.2) is 18.2 Å². The molecule has 1 aromatic carbocycles. The number of hydrogen-bond donors (Lipinski definition) is 3. The van der Waals surface area contributed by atoms with Gasteiger partial charge in [0.25, 0.3) is 0 Å². The first kappa shape index (κ1) is 13.8. The van der Waals surface area contributed by atoms with Crippen LogP contribution in [-0.4, -0.2) is 36.9 Å². The van der Waals surface area contributed by atoms with Crippen molar-refractivity contribution in [2.24, 2.45) is 5.73 Å². The molecule has 0 saturated carbocycles. The molecule has 1 spiro atoms. The number of benzene rings is 1. The smallest absolute Gasteiger partial charge is 0.335 e. The van der Waals surface area contributed by atoms with Gasteiger partial charge in [-0.2, -0.15) is 12.7 Å². The first-order chi connectivity index (χ1) is 9.44. The Morgan fingerprint density at radius 2 is 2.05 bits per heavy atom. The molecule has 2 heterocycles. The van der Waals surface area contributed by atoms with Gasteiger partial charge < -0.3 is 11.1 Å². The summed E-state index contributed by atoms with van der Waals surface area (Å²) in [5, 5.41) is 3.39. The number of nitrogens with zero attached hydrogens (tertiary/aromatic N) is 1. The largest absolute Gasteiger partial charge is 0.384 e. The summed E-state index contributed by atoms with van der Waals surface area (Å²) in [5.41, 5.74) is 9.09. The molecule has 6 nitrogen and oxygen atoms in total. The predicted molar refractivity (Wildman–Crippen MR) is 76.9 cm³/mol. The van der Waals surface area contributed by atoms with E-state index in [4.69, 9.17) is 10.3 Å². The Hall–Kier alpha value is -1.15. The molecule has 0 radical (unpaired) electrons. The Kier molecular flexibility index (Phi) is 3.24. The fourth-order valence-corrected chi connectivity index (χ4v) is 3.91. The van der Waals surface area contributed by atoms with Gasteiger partial charge in [0.05, 0.1) is 0 Å². The molecule has 0 amide bonds. The van der Waals surface area contributed by atoms with E-state index < -0.39 is 10.3 Å². The molecule has 110 valence electrons. The molecule has 0 bridgehead atoms. The number of nitrogens with two attached hydrogens (primary N) is 1. The normalized spacial score (nSPS) is 21.7.